The summed E-state index contributed by atoms with van der Waals surface area (Å²) in [4.78, 5) is 9.15. The third-order valence-corrected chi connectivity index (χ3v) is 7.84. The van der Waals surface area contributed by atoms with Gasteiger partial charge in [-0.05, 0) is 13.8 Å². The van der Waals surface area contributed by atoms with E-state index in [2.05, 4.69) is 25.3 Å². The molecule has 0 saturated carbocycles. The minimum Gasteiger partial charge on any atom is -0.361 e. The highest BCUT2D eigenvalue weighted by atomic mass is 32.2. The van der Waals surface area contributed by atoms with Crippen LogP contribution in [-0.2, 0) is 16.6 Å². The lowest BCUT2D eigenvalue weighted by Gasteiger charge is -2.36. The van der Waals surface area contributed by atoms with Gasteiger partial charge in [0.15, 0.2) is 5.96 Å². The minimum absolute atomic E-state index is 0.0675. The van der Waals surface area contributed by atoms with E-state index in [-0.39, 0.29) is 12.3 Å². The number of hydrogen-bond donors (Lipinski definition) is 1. The molecule has 9 nitrogen and oxygen atoms in total. The lowest BCUT2D eigenvalue weighted by Crippen LogP contribution is -2.52. The molecule has 164 valence electrons. The first-order valence-corrected chi connectivity index (χ1v) is 13.0. The molecule has 2 aliphatic rings. The van der Waals surface area contributed by atoms with E-state index in [0.717, 1.165) is 68.2 Å². The summed E-state index contributed by atoms with van der Waals surface area (Å²) in [6, 6.07) is 1.97. The molecule has 3 heterocycles. The van der Waals surface area contributed by atoms with Crippen LogP contribution in [0.2, 0.25) is 0 Å². The third kappa shape index (κ3) is 6.59. The van der Waals surface area contributed by atoms with E-state index in [9.17, 15) is 8.42 Å². The van der Waals surface area contributed by atoms with Crippen molar-refractivity contribution < 1.29 is 12.9 Å². The van der Waals surface area contributed by atoms with Gasteiger partial charge in [0.25, 0.3) is 0 Å². The number of piperazine rings is 1. The number of aliphatic imine (C=N–C) groups is 1. The van der Waals surface area contributed by atoms with Crippen molar-refractivity contribution in [2.45, 2.75) is 20.4 Å². The van der Waals surface area contributed by atoms with Gasteiger partial charge in [0, 0.05) is 69.9 Å². The SMILES string of the molecule is CCNC(=NCCS(=O)(=O)N1CCSCC1)N1CCN(Cc2cc(C)on2)CC1. The van der Waals surface area contributed by atoms with Crippen molar-refractivity contribution in [2.75, 3.05) is 69.6 Å². The fraction of sp³-hybridized carbons (Fsp3) is 0.778. The quantitative estimate of drug-likeness (QED) is 0.478. The first kappa shape index (κ1) is 22.4. The first-order chi connectivity index (χ1) is 14.0. The fourth-order valence-corrected chi connectivity index (χ4v) is 5.94. The zero-order chi connectivity index (χ0) is 20.7. The molecule has 1 aromatic heterocycles. The Bertz CT molecular complexity index is 768. The number of rotatable bonds is 7. The highest BCUT2D eigenvalue weighted by molar-refractivity contribution is 7.99. The van der Waals surface area contributed by atoms with Gasteiger partial charge in [-0.1, -0.05) is 5.16 Å². The molecule has 3 rings (SSSR count). The molecule has 2 fully saturated rings. The standard InChI is InChI=1S/C18H32N6O3S2/c1-3-19-18(20-4-13-29(25,26)24-9-11-28-12-10-24)23-7-5-22(6-8-23)15-17-14-16(2)27-21-17/h14H,3-13,15H2,1-2H3,(H,19,20). The van der Waals surface area contributed by atoms with E-state index in [0.29, 0.717) is 13.1 Å². The van der Waals surface area contributed by atoms with Gasteiger partial charge in [0.1, 0.15) is 5.76 Å². The Hall–Kier alpha value is -1.30. The molecule has 0 amide bonds. The number of aryl methyl sites for hydroxylation is 1. The van der Waals surface area contributed by atoms with Gasteiger partial charge < -0.3 is 14.7 Å². The third-order valence-electron chi connectivity index (χ3n) is 5.04. The molecule has 1 N–H and O–H groups in total. The second-order valence-electron chi connectivity index (χ2n) is 7.26. The average molecular weight is 445 g/mol. The number of nitrogens with one attached hydrogen (secondary N) is 1. The van der Waals surface area contributed by atoms with Gasteiger partial charge >= 0.3 is 0 Å². The zero-order valence-electron chi connectivity index (χ0n) is 17.3. The molecule has 2 aliphatic heterocycles. The predicted octanol–water partition coefficient (Wildman–Crippen LogP) is 0.445. The van der Waals surface area contributed by atoms with Crippen molar-refractivity contribution >= 4 is 27.7 Å². The van der Waals surface area contributed by atoms with Crippen LogP contribution in [0.25, 0.3) is 0 Å². The molecule has 0 radical (unpaired) electrons. The molecule has 0 bridgehead atoms. The van der Waals surface area contributed by atoms with E-state index in [1.807, 2.05) is 31.7 Å². The molecule has 1 aromatic rings. The van der Waals surface area contributed by atoms with Crippen molar-refractivity contribution in [3.63, 3.8) is 0 Å². The van der Waals surface area contributed by atoms with E-state index in [4.69, 9.17) is 4.52 Å². The van der Waals surface area contributed by atoms with Gasteiger partial charge in [-0.3, -0.25) is 9.89 Å². The van der Waals surface area contributed by atoms with Crippen LogP contribution < -0.4 is 5.32 Å². The maximum atomic E-state index is 12.5. The Morgan fingerprint density at radius 1 is 1.24 bits per heavy atom. The molecule has 0 atom stereocenters. The van der Waals surface area contributed by atoms with Crippen molar-refractivity contribution in [1.29, 1.82) is 0 Å². The lowest BCUT2D eigenvalue weighted by atomic mass is 10.3. The van der Waals surface area contributed by atoms with Crippen LogP contribution in [0.4, 0.5) is 0 Å². The van der Waals surface area contributed by atoms with Gasteiger partial charge in [0.2, 0.25) is 10.0 Å². The van der Waals surface area contributed by atoms with E-state index >= 15 is 0 Å². The largest absolute Gasteiger partial charge is 0.361 e. The monoisotopic (exact) mass is 444 g/mol. The van der Waals surface area contributed by atoms with Crippen LogP contribution in [0, 0.1) is 6.92 Å². The average Bonchev–Trinajstić information content (AvgIpc) is 3.13. The second kappa shape index (κ2) is 10.6. The predicted molar refractivity (Wildman–Crippen MR) is 117 cm³/mol. The summed E-state index contributed by atoms with van der Waals surface area (Å²) in [5, 5.41) is 7.37. The van der Waals surface area contributed by atoms with E-state index in [1.165, 1.54) is 0 Å². The number of guanidine groups is 1. The molecule has 0 aliphatic carbocycles. The normalized spacial score (nSPS) is 20.2. The van der Waals surface area contributed by atoms with Crippen LogP contribution in [0.3, 0.4) is 0 Å². The highest BCUT2D eigenvalue weighted by Crippen LogP contribution is 2.13. The number of sulfonamides is 1. The smallest absolute Gasteiger partial charge is 0.215 e. The second-order valence-corrected chi connectivity index (χ2v) is 10.6. The summed E-state index contributed by atoms with van der Waals surface area (Å²) in [5.41, 5.74) is 0.956. The molecule has 11 heteroatoms. The van der Waals surface area contributed by atoms with Crippen molar-refractivity contribution in [3.8, 4) is 0 Å². The molecule has 0 spiro atoms. The first-order valence-electron chi connectivity index (χ1n) is 10.2. The summed E-state index contributed by atoms with van der Waals surface area (Å²) < 4.78 is 31.8. The van der Waals surface area contributed by atoms with Crippen LogP contribution in [0.5, 0.6) is 0 Å². The fourth-order valence-electron chi connectivity index (χ4n) is 3.49. The molecule has 0 unspecified atom stereocenters. The van der Waals surface area contributed by atoms with Crippen molar-refractivity contribution in [3.05, 3.63) is 17.5 Å². The Labute approximate surface area is 177 Å². The van der Waals surface area contributed by atoms with Crippen LogP contribution in [0.15, 0.2) is 15.6 Å². The number of thioether (sulfide) groups is 1. The molecular weight excluding hydrogens is 412 g/mol. The Morgan fingerprint density at radius 3 is 2.59 bits per heavy atom. The lowest BCUT2D eigenvalue weighted by molar-refractivity contribution is 0.169. The summed E-state index contributed by atoms with van der Waals surface area (Å²) in [6.07, 6.45) is 0. The van der Waals surface area contributed by atoms with Gasteiger partial charge in [-0.25, -0.2) is 12.7 Å². The Balaban J connectivity index is 1.50. The Kier molecular flexibility index (Phi) is 8.22. The summed E-state index contributed by atoms with van der Waals surface area (Å²) >= 11 is 1.81. The molecule has 29 heavy (non-hydrogen) atoms. The zero-order valence-corrected chi connectivity index (χ0v) is 19.0. The number of nitrogens with zero attached hydrogens (tertiary/aromatic N) is 5. The maximum Gasteiger partial charge on any atom is 0.215 e. The summed E-state index contributed by atoms with van der Waals surface area (Å²) in [7, 11) is -3.22. The summed E-state index contributed by atoms with van der Waals surface area (Å²) in [5.74, 6) is 3.46. The number of hydrogen-bond acceptors (Lipinski definition) is 7. The Morgan fingerprint density at radius 2 is 1.97 bits per heavy atom. The topological polar surface area (TPSA) is 94.3 Å². The van der Waals surface area contributed by atoms with Crippen molar-refractivity contribution in [1.82, 2.24) is 24.6 Å². The van der Waals surface area contributed by atoms with E-state index < -0.39 is 10.0 Å². The molecular formula is C18H32N6O3S2. The summed E-state index contributed by atoms with van der Waals surface area (Å²) in [6.45, 7) is 10.5. The number of aromatic nitrogens is 1. The van der Waals surface area contributed by atoms with Gasteiger partial charge in [-0.15, -0.1) is 0 Å². The highest BCUT2D eigenvalue weighted by Gasteiger charge is 2.24. The van der Waals surface area contributed by atoms with Crippen LogP contribution >= 0.6 is 11.8 Å². The van der Waals surface area contributed by atoms with Gasteiger partial charge in [0.05, 0.1) is 18.0 Å². The van der Waals surface area contributed by atoms with E-state index in [1.54, 1.807) is 4.31 Å². The maximum absolute atomic E-state index is 12.5. The van der Waals surface area contributed by atoms with Gasteiger partial charge in [-0.2, -0.15) is 11.8 Å². The molecule has 0 aromatic carbocycles. The minimum atomic E-state index is -3.22. The van der Waals surface area contributed by atoms with Crippen LogP contribution in [-0.4, -0.2) is 103 Å². The van der Waals surface area contributed by atoms with Crippen LogP contribution in [0.1, 0.15) is 18.4 Å². The van der Waals surface area contributed by atoms with Crippen molar-refractivity contribution in [2.24, 2.45) is 4.99 Å². The molecule has 2 saturated heterocycles.